The summed E-state index contributed by atoms with van der Waals surface area (Å²) in [6.07, 6.45) is -0.532. The first-order valence-corrected chi connectivity index (χ1v) is 3.81. The van der Waals surface area contributed by atoms with E-state index in [1.54, 1.807) is 0 Å². The summed E-state index contributed by atoms with van der Waals surface area (Å²) >= 11 is 0. The van der Waals surface area contributed by atoms with Crippen molar-refractivity contribution in [3.8, 4) is 0 Å². The lowest BCUT2D eigenvalue weighted by Crippen LogP contribution is -2.01. The van der Waals surface area contributed by atoms with Gasteiger partial charge < -0.3 is 5.73 Å². The molecule has 0 spiro atoms. The number of hydrogen-bond donors (Lipinski definition) is 1. The van der Waals surface area contributed by atoms with Gasteiger partial charge in [-0.25, -0.2) is 13.5 Å². The molecule has 2 N–H and O–H groups in total. The van der Waals surface area contributed by atoms with E-state index in [9.17, 15) is 8.78 Å². The Hall–Kier alpha value is -1.13. The molecule has 12 heavy (non-hydrogen) atoms. The molecule has 1 heterocycles. The minimum absolute atomic E-state index is 0.223. The molecule has 2 rings (SSSR count). The monoisotopic (exact) mass is 173 g/mol. The van der Waals surface area contributed by atoms with E-state index in [0.29, 0.717) is 5.82 Å². The van der Waals surface area contributed by atoms with Crippen LogP contribution >= 0.6 is 0 Å². The zero-order chi connectivity index (χ0) is 8.72. The van der Waals surface area contributed by atoms with Gasteiger partial charge in [0.15, 0.2) is 0 Å². The first kappa shape index (κ1) is 7.52. The van der Waals surface area contributed by atoms with Crippen LogP contribution in [-0.2, 0) is 0 Å². The Labute approximate surface area is 68.2 Å². The van der Waals surface area contributed by atoms with Gasteiger partial charge in [0.05, 0.1) is 6.04 Å². The van der Waals surface area contributed by atoms with E-state index >= 15 is 0 Å². The summed E-state index contributed by atoms with van der Waals surface area (Å²) in [6, 6.07) is 1.50. The summed E-state index contributed by atoms with van der Waals surface area (Å²) in [5.41, 5.74) is 5.26. The Morgan fingerprint density at radius 1 is 1.58 bits per heavy atom. The molecule has 1 aromatic heterocycles. The van der Waals surface area contributed by atoms with Crippen LogP contribution in [0, 0.1) is 0 Å². The van der Waals surface area contributed by atoms with Crippen LogP contribution in [0.15, 0.2) is 6.07 Å². The fourth-order valence-corrected chi connectivity index (χ4v) is 1.15. The van der Waals surface area contributed by atoms with Crippen molar-refractivity contribution in [3.63, 3.8) is 0 Å². The van der Waals surface area contributed by atoms with Crippen LogP contribution in [0.3, 0.4) is 0 Å². The smallest absolute Gasteiger partial charge is 0.282 e. The normalized spacial score (nSPS) is 17.2. The van der Waals surface area contributed by atoms with Gasteiger partial charge in [-0.3, -0.25) is 0 Å². The van der Waals surface area contributed by atoms with Crippen LogP contribution < -0.4 is 5.73 Å². The molecule has 1 aliphatic rings. The number of hydrogen-bond acceptors (Lipinski definition) is 2. The molecule has 1 saturated carbocycles. The number of halogens is 2. The van der Waals surface area contributed by atoms with E-state index in [0.717, 1.165) is 12.8 Å². The van der Waals surface area contributed by atoms with E-state index in [1.807, 2.05) is 0 Å². The fraction of sp³-hybridized carbons (Fsp3) is 0.571. The topological polar surface area (TPSA) is 43.8 Å². The summed E-state index contributed by atoms with van der Waals surface area (Å²) in [5, 5.41) is 3.71. The van der Waals surface area contributed by atoms with Crippen molar-refractivity contribution in [2.24, 2.45) is 0 Å². The number of anilines is 1. The van der Waals surface area contributed by atoms with Gasteiger partial charge in [0, 0.05) is 6.07 Å². The molecule has 0 atom stereocenters. The van der Waals surface area contributed by atoms with Gasteiger partial charge in [0.25, 0.3) is 6.43 Å². The molecule has 5 heteroatoms. The molecule has 1 aliphatic carbocycles. The quantitative estimate of drug-likeness (QED) is 0.740. The van der Waals surface area contributed by atoms with Gasteiger partial charge in [-0.15, -0.1) is 0 Å². The third-order valence-electron chi connectivity index (χ3n) is 1.90. The van der Waals surface area contributed by atoms with Crippen molar-refractivity contribution in [1.82, 2.24) is 9.78 Å². The Kier molecular flexibility index (Phi) is 1.52. The molecule has 3 nitrogen and oxygen atoms in total. The number of nitrogens with zero attached hydrogens (tertiary/aromatic N) is 2. The van der Waals surface area contributed by atoms with E-state index in [-0.39, 0.29) is 11.7 Å². The highest BCUT2D eigenvalue weighted by Gasteiger charge is 2.27. The number of nitrogens with two attached hydrogens (primary N) is 1. The Bertz CT molecular complexity index is 291. The first-order chi connectivity index (χ1) is 5.68. The second-order valence-corrected chi connectivity index (χ2v) is 2.97. The van der Waals surface area contributed by atoms with Crippen molar-refractivity contribution in [2.45, 2.75) is 25.3 Å². The van der Waals surface area contributed by atoms with Crippen LogP contribution in [0.4, 0.5) is 14.6 Å². The molecule has 0 saturated heterocycles. The zero-order valence-electron chi connectivity index (χ0n) is 6.37. The SMILES string of the molecule is Nc1cc(C(F)F)nn1C1CC1. The van der Waals surface area contributed by atoms with Crippen molar-refractivity contribution in [2.75, 3.05) is 5.73 Å². The van der Waals surface area contributed by atoms with Crippen LogP contribution in [0.1, 0.15) is 31.0 Å². The standard InChI is InChI=1S/C7H9F2N3/c8-7(9)5-3-6(10)12(11-5)4-1-2-4/h3-4,7H,1-2,10H2. The van der Waals surface area contributed by atoms with Crippen molar-refractivity contribution in [1.29, 1.82) is 0 Å². The van der Waals surface area contributed by atoms with Crippen molar-refractivity contribution < 1.29 is 8.78 Å². The van der Waals surface area contributed by atoms with Crippen LogP contribution in [0.5, 0.6) is 0 Å². The van der Waals surface area contributed by atoms with Gasteiger partial charge >= 0.3 is 0 Å². The molecule has 1 aromatic rings. The highest BCUT2D eigenvalue weighted by Crippen LogP contribution is 2.37. The average Bonchev–Trinajstić information content (AvgIpc) is 2.75. The number of rotatable bonds is 2. The van der Waals surface area contributed by atoms with Gasteiger partial charge in [-0.1, -0.05) is 0 Å². The largest absolute Gasteiger partial charge is 0.384 e. The minimum atomic E-state index is -2.52. The van der Waals surface area contributed by atoms with E-state index in [2.05, 4.69) is 5.10 Å². The molecule has 1 fully saturated rings. The predicted octanol–water partition coefficient (Wildman–Crippen LogP) is 1.74. The van der Waals surface area contributed by atoms with Crippen LogP contribution in [-0.4, -0.2) is 9.78 Å². The Balaban J connectivity index is 2.30. The lowest BCUT2D eigenvalue weighted by atomic mass is 10.4. The summed E-state index contributed by atoms with van der Waals surface area (Å²) in [6.45, 7) is 0. The molecule has 0 radical (unpaired) electrons. The molecule has 66 valence electrons. The van der Waals surface area contributed by atoms with Crippen LogP contribution in [0.2, 0.25) is 0 Å². The maximum atomic E-state index is 12.1. The second-order valence-electron chi connectivity index (χ2n) is 2.97. The molecule has 0 bridgehead atoms. The van der Waals surface area contributed by atoms with Crippen LogP contribution in [0.25, 0.3) is 0 Å². The average molecular weight is 173 g/mol. The maximum absolute atomic E-state index is 12.1. The summed E-state index contributed by atoms with van der Waals surface area (Å²) in [4.78, 5) is 0. The Morgan fingerprint density at radius 2 is 2.25 bits per heavy atom. The number of nitrogen functional groups attached to an aromatic ring is 1. The highest BCUT2D eigenvalue weighted by atomic mass is 19.3. The molecule has 0 aromatic carbocycles. The molecule has 0 amide bonds. The van der Waals surface area contributed by atoms with E-state index < -0.39 is 6.43 Å². The van der Waals surface area contributed by atoms with Crippen molar-refractivity contribution in [3.05, 3.63) is 11.8 Å². The van der Waals surface area contributed by atoms with E-state index in [4.69, 9.17) is 5.73 Å². The second kappa shape index (κ2) is 2.43. The fourth-order valence-electron chi connectivity index (χ4n) is 1.15. The third kappa shape index (κ3) is 1.15. The number of aromatic nitrogens is 2. The zero-order valence-corrected chi connectivity index (χ0v) is 6.37. The lowest BCUT2D eigenvalue weighted by molar-refractivity contribution is 0.145. The molecule has 0 aliphatic heterocycles. The van der Waals surface area contributed by atoms with E-state index in [1.165, 1.54) is 10.7 Å². The lowest BCUT2D eigenvalue weighted by Gasteiger charge is -1.98. The molecular weight excluding hydrogens is 164 g/mol. The predicted molar refractivity (Wildman–Crippen MR) is 39.9 cm³/mol. The molecular formula is C7H9F2N3. The van der Waals surface area contributed by atoms with Gasteiger partial charge in [0.1, 0.15) is 11.5 Å². The van der Waals surface area contributed by atoms with Gasteiger partial charge in [-0.2, -0.15) is 5.10 Å². The van der Waals surface area contributed by atoms with Crippen molar-refractivity contribution >= 4 is 5.82 Å². The third-order valence-corrected chi connectivity index (χ3v) is 1.90. The Morgan fingerprint density at radius 3 is 2.67 bits per heavy atom. The van der Waals surface area contributed by atoms with Gasteiger partial charge in [-0.05, 0) is 12.8 Å². The number of alkyl halides is 2. The maximum Gasteiger partial charge on any atom is 0.282 e. The molecule has 0 unspecified atom stereocenters. The van der Waals surface area contributed by atoms with Gasteiger partial charge in [0.2, 0.25) is 0 Å². The summed E-state index contributed by atoms with van der Waals surface area (Å²) in [7, 11) is 0. The summed E-state index contributed by atoms with van der Waals surface area (Å²) in [5.74, 6) is 0.341. The highest BCUT2D eigenvalue weighted by molar-refractivity contribution is 5.32. The summed E-state index contributed by atoms with van der Waals surface area (Å²) < 4.78 is 25.7. The first-order valence-electron chi connectivity index (χ1n) is 3.81. The minimum Gasteiger partial charge on any atom is -0.384 e.